The summed E-state index contributed by atoms with van der Waals surface area (Å²) in [6.07, 6.45) is -4.57. The molecule has 0 unspecified atom stereocenters. The van der Waals surface area contributed by atoms with Crippen molar-refractivity contribution in [3.63, 3.8) is 0 Å². The Kier molecular flexibility index (Phi) is 3.37. The maximum Gasteiger partial charge on any atom is 0.417 e. The van der Waals surface area contributed by atoms with Crippen LogP contribution in [0.2, 0.25) is 0 Å². The largest absolute Gasteiger partial charge is 0.417 e. The van der Waals surface area contributed by atoms with E-state index in [9.17, 15) is 22.4 Å². The van der Waals surface area contributed by atoms with Crippen LogP contribution in [0, 0.1) is 9.39 Å². The third kappa shape index (κ3) is 2.47. The summed E-state index contributed by atoms with van der Waals surface area (Å²) in [4.78, 5) is 11.0. The van der Waals surface area contributed by atoms with Crippen LogP contribution >= 0.6 is 22.6 Å². The highest BCUT2D eigenvalue weighted by atomic mass is 127. The third-order valence-corrected chi connectivity index (χ3v) is 2.87. The van der Waals surface area contributed by atoms with E-state index in [1.165, 1.54) is 22.6 Å². The van der Waals surface area contributed by atoms with Crippen molar-refractivity contribution in [1.29, 1.82) is 0 Å². The molecule has 1 rings (SSSR count). The number of ketones is 1. The van der Waals surface area contributed by atoms with E-state index >= 15 is 0 Å². The van der Waals surface area contributed by atoms with E-state index in [1.807, 2.05) is 0 Å². The molecule has 0 atom stereocenters. The van der Waals surface area contributed by atoms with Crippen LogP contribution in [0.5, 0.6) is 0 Å². The molecule has 1 nitrogen and oxygen atoms in total. The predicted octanol–water partition coefficient (Wildman–Crippen LogP) is 3.65. The Labute approximate surface area is 96.6 Å². The zero-order valence-electron chi connectivity index (χ0n) is 7.45. The topological polar surface area (TPSA) is 17.1 Å². The van der Waals surface area contributed by atoms with Gasteiger partial charge in [-0.15, -0.1) is 0 Å². The van der Waals surface area contributed by atoms with E-state index in [1.54, 1.807) is 0 Å². The lowest BCUT2D eigenvalue weighted by molar-refractivity contribution is -0.138. The van der Waals surface area contributed by atoms with Crippen molar-refractivity contribution in [2.45, 2.75) is 13.1 Å². The first-order chi connectivity index (χ1) is 6.75. The Bertz CT molecular complexity index is 411. The highest BCUT2D eigenvalue weighted by molar-refractivity contribution is 14.1. The number of carbonyl (C=O) groups excluding carboxylic acids is 1. The molecule has 82 valence electrons. The summed E-state index contributed by atoms with van der Waals surface area (Å²) in [5.41, 5.74) is -1.50. The molecule has 0 saturated heterocycles. The Hall–Kier alpha value is -0.660. The molecule has 15 heavy (non-hydrogen) atoms. The second kappa shape index (κ2) is 4.07. The highest BCUT2D eigenvalue weighted by Gasteiger charge is 2.35. The summed E-state index contributed by atoms with van der Waals surface area (Å²) in [7, 11) is 0. The first-order valence-electron chi connectivity index (χ1n) is 3.81. The highest BCUT2D eigenvalue weighted by Crippen LogP contribution is 2.35. The fourth-order valence-electron chi connectivity index (χ4n) is 1.09. The lowest BCUT2D eigenvalue weighted by Gasteiger charge is -2.11. The van der Waals surface area contributed by atoms with Gasteiger partial charge in [-0.25, -0.2) is 4.39 Å². The van der Waals surface area contributed by atoms with Crippen LogP contribution in [-0.2, 0) is 6.18 Å². The normalized spacial score (nSPS) is 11.6. The molecule has 0 bridgehead atoms. The minimum absolute atomic E-state index is 0.396. The van der Waals surface area contributed by atoms with Gasteiger partial charge in [-0.1, -0.05) is 0 Å². The number of carbonyl (C=O) groups is 1. The number of halogens is 5. The van der Waals surface area contributed by atoms with Gasteiger partial charge in [-0.3, -0.25) is 4.79 Å². The molecule has 0 saturated carbocycles. The average Bonchev–Trinajstić information content (AvgIpc) is 2.00. The van der Waals surface area contributed by atoms with Crippen molar-refractivity contribution in [2.75, 3.05) is 0 Å². The Morgan fingerprint density at radius 1 is 1.33 bits per heavy atom. The standard InChI is InChI=1S/C9H5F4IO/c1-4(15)7-6(10)3-2-5(8(7)14)9(11,12)13/h2-3H,1H3. The van der Waals surface area contributed by atoms with Gasteiger partial charge >= 0.3 is 6.18 Å². The van der Waals surface area contributed by atoms with Crippen molar-refractivity contribution < 1.29 is 22.4 Å². The molecule has 6 heteroatoms. The number of Topliss-reactive ketones (excluding diaryl/α,β-unsaturated/α-hetero) is 1. The van der Waals surface area contributed by atoms with Crippen molar-refractivity contribution in [3.8, 4) is 0 Å². The minimum atomic E-state index is -4.57. The van der Waals surface area contributed by atoms with Gasteiger partial charge in [0.05, 0.1) is 11.1 Å². The molecule has 0 aliphatic rings. The molecule has 0 spiro atoms. The Balaban J connectivity index is 3.49. The molecule has 0 aliphatic carbocycles. The van der Waals surface area contributed by atoms with Crippen LogP contribution < -0.4 is 0 Å². The van der Waals surface area contributed by atoms with E-state index in [-0.39, 0.29) is 0 Å². The number of rotatable bonds is 1. The maximum absolute atomic E-state index is 13.1. The van der Waals surface area contributed by atoms with Crippen molar-refractivity contribution in [2.24, 2.45) is 0 Å². The molecule has 0 aliphatic heterocycles. The van der Waals surface area contributed by atoms with E-state index < -0.39 is 32.5 Å². The van der Waals surface area contributed by atoms with Crippen LogP contribution in [0.15, 0.2) is 12.1 Å². The Morgan fingerprint density at radius 2 is 1.87 bits per heavy atom. The Morgan fingerprint density at radius 3 is 2.27 bits per heavy atom. The lowest BCUT2D eigenvalue weighted by Crippen LogP contribution is -2.12. The molecule has 0 heterocycles. The van der Waals surface area contributed by atoms with Gasteiger partial charge in [-0.2, -0.15) is 13.2 Å². The molecule has 1 aromatic carbocycles. The van der Waals surface area contributed by atoms with Gasteiger partial charge in [0.1, 0.15) is 5.82 Å². The zero-order valence-corrected chi connectivity index (χ0v) is 9.61. The van der Waals surface area contributed by atoms with Crippen molar-refractivity contribution in [1.82, 2.24) is 0 Å². The van der Waals surface area contributed by atoms with Crippen LogP contribution in [0.1, 0.15) is 22.8 Å². The summed E-state index contributed by atoms with van der Waals surface area (Å²) in [5, 5.41) is 0. The average molecular weight is 332 g/mol. The van der Waals surface area contributed by atoms with Gasteiger partial charge in [0.25, 0.3) is 0 Å². The van der Waals surface area contributed by atoms with Gasteiger partial charge < -0.3 is 0 Å². The van der Waals surface area contributed by atoms with E-state index in [0.717, 1.165) is 6.92 Å². The van der Waals surface area contributed by atoms with Gasteiger partial charge in [0.2, 0.25) is 0 Å². The fourth-order valence-corrected chi connectivity index (χ4v) is 2.22. The molecule has 0 fully saturated rings. The second-order valence-corrected chi connectivity index (χ2v) is 3.92. The molecular formula is C9H5F4IO. The monoisotopic (exact) mass is 332 g/mol. The zero-order chi connectivity index (χ0) is 11.8. The lowest BCUT2D eigenvalue weighted by atomic mass is 10.1. The van der Waals surface area contributed by atoms with E-state index in [2.05, 4.69) is 0 Å². The van der Waals surface area contributed by atoms with E-state index in [0.29, 0.717) is 12.1 Å². The van der Waals surface area contributed by atoms with Crippen LogP contribution in [0.25, 0.3) is 0 Å². The maximum atomic E-state index is 13.1. The van der Waals surface area contributed by atoms with Gasteiger partial charge in [0.15, 0.2) is 5.78 Å². The quantitative estimate of drug-likeness (QED) is 0.436. The molecular weight excluding hydrogens is 327 g/mol. The summed E-state index contributed by atoms with van der Waals surface area (Å²) >= 11 is 1.33. The van der Waals surface area contributed by atoms with Crippen LogP contribution in [0.3, 0.4) is 0 Å². The number of hydrogen-bond donors (Lipinski definition) is 0. The molecule has 0 amide bonds. The SMILES string of the molecule is CC(=O)c1c(F)ccc(C(F)(F)F)c1I. The van der Waals surface area contributed by atoms with Gasteiger partial charge in [0, 0.05) is 3.57 Å². The summed E-state index contributed by atoms with van der Waals surface area (Å²) in [5.74, 6) is -1.65. The van der Waals surface area contributed by atoms with Crippen LogP contribution in [0.4, 0.5) is 17.6 Å². The van der Waals surface area contributed by atoms with Crippen LogP contribution in [-0.4, -0.2) is 5.78 Å². The van der Waals surface area contributed by atoms with Crippen molar-refractivity contribution >= 4 is 28.4 Å². The minimum Gasteiger partial charge on any atom is -0.294 e. The molecule has 0 aromatic heterocycles. The van der Waals surface area contributed by atoms with Crippen molar-refractivity contribution in [3.05, 3.63) is 32.6 Å². The van der Waals surface area contributed by atoms with Gasteiger partial charge in [-0.05, 0) is 41.6 Å². The first kappa shape index (κ1) is 12.4. The summed E-state index contributed by atoms with van der Waals surface area (Å²) in [6, 6.07) is 1.28. The number of benzene rings is 1. The summed E-state index contributed by atoms with van der Waals surface area (Å²) in [6.45, 7) is 1.03. The smallest absolute Gasteiger partial charge is 0.294 e. The second-order valence-electron chi connectivity index (χ2n) is 2.84. The third-order valence-electron chi connectivity index (χ3n) is 1.75. The number of hydrogen-bond acceptors (Lipinski definition) is 1. The predicted molar refractivity (Wildman–Crippen MR) is 54.1 cm³/mol. The molecule has 0 radical (unpaired) electrons. The molecule has 1 aromatic rings. The fraction of sp³-hybridized carbons (Fsp3) is 0.222. The first-order valence-corrected chi connectivity index (χ1v) is 4.89. The summed E-state index contributed by atoms with van der Waals surface area (Å²) < 4.78 is 49.8. The van der Waals surface area contributed by atoms with E-state index in [4.69, 9.17) is 0 Å². The number of alkyl halides is 3. The molecule has 0 N–H and O–H groups in total.